The second-order valence-electron chi connectivity index (χ2n) is 4.57. The van der Waals surface area contributed by atoms with Crippen LogP contribution in [-0.2, 0) is 11.3 Å². The Balaban J connectivity index is 2.15. The van der Waals surface area contributed by atoms with Gasteiger partial charge in [-0.15, -0.1) is 0 Å². The Labute approximate surface area is 108 Å². The third-order valence-electron chi connectivity index (χ3n) is 3.00. The van der Waals surface area contributed by atoms with Gasteiger partial charge < -0.3 is 4.90 Å². The fraction of sp³-hybridized carbons (Fsp3) is 0.462. The first-order valence-corrected chi connectivity index (χ1v) is 5.94. The fourth-order valence-electron chi connectivity index (χ4n) is 1.82. The number of nitrogens with zero attached hydrogens (tertiary/aromatic N) is 1. The van der Waals surface area contributed by atoms with Crippen molar-refractivity contribution in [3.63, 3.8) is 0 Å². The molecular weight excluding hydrogens is 262 g/mol. The van der Waals surface area contributed by atoms with Gasteiger partial charge in [-0.05, 0) is 18.4 Å². The molecule has 0 aromatic heterocycles. The van der Waals surface area contributed by atoms with Crippen LogP contribution >= 0.6 is 0 Å². The molecule has 0 unspecified atom stereocenters. The summed E-state index contributed by atoms with van der Waals surface area (Å²) in [5, 5.41) is 0. The van der Waals surface area contributed by atoms with E-state index < -0.39 is 18.3 Å². The van der Waals surface area contributed by atoms with Gasteiger partial charge in [0.15, 0.2) is 0 Å². The summed E-state index contributed by atoms with van der Waals surface area (Å²) in [5.41, 5.74) is 0.646. The Morgan fingerprint density at radius 1 is 1.26 bits per heavy atom. The molecule has 2 nitrogen and oxygen atoms in total. The predicted octanol–water partition coefficient (Wildman–Crippen LogP) is 3.08. The second-order valence-corrected chi connectivity index (χ2v) is 4.57. The first-order chi connectivity index (χ1) is 8.93. The van der Waals surface area contributed by atoms with Crippen LogP contribution in [0.4, 0.5) is 17.6 Å². The van der Waals surface area contributed by atoms with Crippen molar-refractivity contribution in [3.05, 3.63) is 35.9 Å². The summed E-state index contributed by atoms with van der Waals surface area (Å²) < 4.78 is 50.8. The number of carbonyl (C=O) groups excluding carboxylic acids is 1. The van der Waals surface area contributed by atoms with Gasteiger partial charge in [0.2, 0.25) is 0 Å². The number of alkyl halides is 4. The monoisotopic (exact) mass is 275 g/mol. The highest BCUT2D eigenvalue weighted by Crippen LogP contribution is 2.34. The van der Waals surface area contributed by atoms with E-state index in [2.05, 4.69) is 0 Å². The lowest BCUT2D eigenvalue weighted by Gasteiger charge is -2.26. The van der Waals surface area contributed by atoms with Crippen molar-refractivity contribution in [1.82, 2.24) is 4.90 Å². The van der Waals surface area contributed by atoms with E-state index in [1.54, 1.807) is 30.3 Å². The van der Waals surface area contributed by atoms with E-state index in [0.717, 1.165) is 4.90 Å². The number of carbonyl (C=O) groups is 1. The Kier molecular flexibility index (Phi) is 3.78. The van der Waals surface area contributed by atoms with Crippen LogP contribution in [0.15, 0.2) is 30.3 Å². The van der Waals surface area contributed by atoms with E-state index >= 15 is 0 Å². The number of hydrogen-bond donors (Lipinski definition) is 0. The molecule has 19 heavy (non-hydrogen) atoms. The molecule has 2 rings (SSSR count). The summed E-state index contributed by atoms with van der Waals surface area (Å²) in [7, 11) is 0. The third kappa shape index (κ3) is 3.05. The van der Waals surface area contributed by atoms with Gasteiger partial charge in [0.05, 0.1) is 0 Å². The standard InChI is InChI=1S/C13H13F4NO/c14-11(15)13(16,17)12(19)18(10-6-7-10)8-9-4-2-1-3-5-9/h1-5,10-11H,6-8H2. The summed E-state index contributed by atoms with van der Waals surface area (Å²) in [6.45, 7) is -0.0628. The topological polar surface area (TPSA) is 20.3 Å². The molecule has 0 atom stereocenters. The Hall–Kier alpha value is -1.59. The SMILES string of the molecule is O=C(N(Cc1ccccc1)C1CC1)C(F)(F)C(F)F. The molecule has 1 fully saturated rings. The van der Waals surface area contributed by atoms with Gasteiger partial charge >= 0.3 is 12.3 Å². The molecule has 1 aromatic rings. The Morgan fingerprint density at radius 3 is 2.32 bits per heavy atom. The summed E-state index contributed by atoms with van der Waals surface area (Å²) in [6.07, 6.45) is -2.81. The average molecular weight is 275 g/mol. The normalized spacial score (nSPS) is 15.6. The van der Waals surface area contributed by atoms with Crippen molar-refractivity contribution in [2.24, 2.45) is 0 Å². The Bertz CT molecular complexity index is 445. The van der Waals surface area contributed by atoms with Crippen molar-refractivity contribution in [1.29, 1.82) is 0 Å². The van der Waals surface area contributed by atoms with E-state index in [4.69, 9.17) is 0 Å². The summed E-state index contributed by atoms with van der Waals surface area (Å²) in [6, 6.07) is 8.15. The highest BCUT2D eigenvalue weighted by molar-refractivity contribution is 5.84. The lowest BCUT2D eigenvalue weighted by Crippen LogP contribution is -2.48. The zero-order valence-electron chi connectivity index (χ0n) is 10.0. The van der Waals surface area contributed by atoms with Crippen LogP contribution in [0, 0.1) is 0 Å². The van der Waals surface area contributed by atoms with Crippen LogP contribution in [-0.4, -0.2) is 29.2 Å². The van der Waals surface area contributed by atoms with Gasteiger partial charge in [-0.1, -0.05) is 30.3 Å². The van der Waals surface area contributed by atoms with Gasteiger partial charge in [0.1, 0.15) is 0 Å². The van der Waals surface area contributed by atoms with Gasteiger partial charge in [-0.3, -0.25) is 4.79 Å². The molecule has 1 aliphatic carbocycles. The van der Waals surface area contributed by atoms with Gasteiger partial charge in [-0.25, -0.2) is 8.78 Å². The lowest BCUT2D eigenvalue weighted by atomic mass is 10.2. The van der Waals surface area contributed by atoms with E-state index in [1.165, 1.54) is 0 Å². The van der Waals surface area contributed by atoms with Crippen LogP contribution in [0.3, 0.4) is 0 Å². The molecule has 0 radical (unpaired) electrons. The summed E-state index contributed by atoms with van der Waals surface area (Å²) in [5.74, 6) is -6.40. The van der Waals surface area contributed by atoms with E-state index in [0.29, 0.717) is 18.4 Å². The van der Waals surface area contributed by atoms with Crippen LogP contribution in [0.5, 0.6) is 0 Å². The number of hydrogen-bond acceptors (Lipinski definition) is 1. The predicted molar refractivity (Wildman–Crippen MR) is 61.0 cm³/mol. The minimum Gasteiger partial charge on any atom is -0.330 e. The minimum atomic E-state index is -4.61. The highest BCUT2D eigenvalue weighted by Gasteiger charge is 2.53. The maximum Gasteiger partial charge on any atom is 0.383 e. The second kappa shape index (κ2) is 5.19. The van der Waals surface area contributed by atoms with Crippen LogP contribution in [0.2, 0.25) is 0 Å². The van der Waals surface area contributed by atoms with Crippen molar-refractivity contribution in [2.45, 2.75) is 37.8 Å². The molecule has 1 amide bonds. The molecule has 6 heteroatoms. The van der Waals surface area contributed by atoms with Gasteiger partial charge in [-0.2, -0.15) is 8.78 Å². The van der Waals surface area contributed by atoms with E-state index in [9.17, 15) is 22.4 Å². The summed E-state index contributed by atoms with van der Waals surface area (Å²) >= 11 is 0. The van der Waals surface area contributed by atoms with Gasteiger partial charge in [0.25, 0.3) is 5.91 Å². The third-order valence-corrected chi connectivity index (χ3v) is 3.00. The maximum absolute atomic E-state index is 13.1. The van der Waals surface area contributed by atoms with Crippen LogP contribution < -0.4 is 0 Å². The molecule has 0 N–H and O–H groups in total. The van der Waals surface area contributed by atoms with Crippen molar-refractivity contribution in [3.8, 4) is 0 Å². The number of halogens is 4. The Morgan fingerprint density at radius 2 is 1.84 bits per heavy atom. The molecule has 1 aliphatic rings. The van der Waals surface area contributed by atoms with Crippen molar-refractivity contribution in [2.75, 3.05) is 0 Å². The van der Waals surface area contributed by atoms with E-state index in [-0.39, 0.29) is 12.6 Å². The van der Waals surface area contributed by atoms with Crippen LogP contribution in [0.1, 0.15) is 18.4 Å². The maximum atomic E-state index is 13.1. The largest absolute Gasteiger partial charge is 0.383 e. The summed E-state index contributed by atoms with van der Waals surface area (Å²) in [4.78, 5) is 12.5. The molecular formula is C13H13F4NO. The average Bonchev–Trinajstić information content (AvgIpc) is 3.20. The van der Waals surface area contributed by atoms with Crippen LogP contribution in [0.25, 0.3) is 0 Å². The number of amides is 1. The van der Waals surface area contributed by atoms with Crippen molar-refractivity contribution >= 4 is 5.91 Å². The zero-order chi connectivity index (χ0) is 14.0. The quantitative estimate of drug-likeness (QED) is 0.756. The molecule has 0 heterocycles. The minimum absolute atomic E-state index is 0.0628. The molecule has 0 aliphatic heterocycles. The number of benzene rings is 1. The molecule has 0 saturated heterocycles. The molecule has 104 valence electrons. The molecule has 1 saturated carbocycles. The fourth-order valence-corrected chi connectivity index (χ4v) is 1.82. The molecule has 1 aromatic carbocycles. The first-order valence-electron chi connectivity index (χ1n) is 5.94. The van der Waals surface area contributed by atoms with E-state index in [1.807, 2.05) is 0 Å². The first kappa shape index (κ1) is 13.8. The molecule has 0 bridgehead atoms. The zero-order valence-corrected chi connectivity index (χ0v) is 10.0. The highest BCUT2D eigenvalue weighted by atomic mass is 19.3. The lowest BCUT2D eigenvalue weighted by molar-refractivity contribution is -0.181. The van der Waals surface area contributed by atoms with Crippen molar-refractivity contribution < 1.29 is 22.4 Å². The van der Waals surface area contributed by atoms with Gasteiger partial charge in [0, 0.05) is 12.6 Å². The smallest absolute Gasteiger partial charge is 0.330 e. The molecule has 0 spiro atoms. The number of rotatable bonds is 5.